The van der Waals surface area contributed by atoms with Gasteiger partial charge in [-0.05, 0) is 47.0 Å². The van der Waals surface area contributed by atoms with Crippen LogP contribution in [0.25, 0.3) is 0 Å². The Morgan fingerprint density at radius 2 is 2.22 bits per heavy atom. The molecule has 1 N–H and O–H groups in total. The van der Waals surface area contributed by atoms with Gasteiger partial charge in [0.25, 0.3) is 0 Å². The van der Waals surface area contributed by atoms with E-state index in [1.54, 1.807) is 0 Å². The molecular weight excluding hydrogens is 296 g/mol. The maximum atomic E-state index is 9.68. The van der Waals surface area contributed by atoms with Crippen molar-refractivity contribution in [3.63, 3.8) is 0 Å². The molecule has 0 heterocycles. The number of hydrogen-bond donors (Lipinski definition) is 1. The molecule has 0 radical (unpaired) electrons. The Bertz CT molecular complexity index is 408. The molecule has 0 aromatic heterocycles. The standard InChI is InChI=1S/C14H19BrO3/c1-3-6-17-14-11(16)8-13(14)18-12-5-4-9(2)7-10(12)15/h4-5,7,11,13-14,16H,3,6,8H2,1-2H3. The minimum absolute atomic E-state index is 0.0504. The maximum Gasteiger partial charge on any atom is 0.134 e. The highest BCUT2D eigenvalue weighted by molar-refractivity contribution is 9.10. The molecule has 0 bridgehead atoms. The highest BCUT2D eigenvalue weighted by Gasteiger charge is 2.43. The summed E-state index contributed by atoms with van der Waals surface area (Å²) in [6.45, 7) is 4.75. The van der Waals surface area contributed by atoms with E-state index in [4.69, 9.17) is 9.47 Å². The number of benzene rings is 1. The first-order valence-corrected chi connectivity index (χ1v) is 7.13. The molecule has 2 rings (SSSR count). The van der Waals surface area contributed by atoms with E-state index in [0.29, 0.717) is 13.0 Å². The summed E-state index contributed by atoms with van der Waals surface area (Å²) in [4.78, 5) is 0. The molecule has 1 aromatic carbocycles. The van der Waals surface area contributed by atoms with Gasteiger partial charge < -0.3 is 14.6 Å². The van der Waals surface area contributed by atoms with E-state index in [1.165, 1.54) is 5.56 Å². The molecule has 4 heteroatoms. The summed E-state index contributed by atoms with van der Waals surface area (Å²) in [5.74, 6) is 0.808. The highest BCUT2D eigenvalue weighted by atomic mass is 79.9. The van der Waals surface area contributed by atoms with Gasteiger partial charge >= 0.3 is 0 Å². The van der Waals surface area contributed by atoms with Crippen LogP contribution in [0, 0.1) is 6.92 Å². The van der Waals surface area contributed by atoms with Crippen LogP contribution in [-0.2, 0) is 4.74 Å². The Morgan fingerprint density at radius 3 is 2.83 bits per heavy atom. The number of halogens is 1. The molecule has 0 aliphatic heterocycles. The largest absolute Gasteiger partial charge is 0.486 e. The van der Waals surface area contributed by atoms with Crippen molar-refractivity contribution in [2.24, 2.45) is 0 Å². The van der Waals surface area contributed by atoms with Crippen LogP contribution in [0.1, 0.15) is 25.3 Å². The first kappa shape index (κ1) is 13.8. The molecule has 1 fully saturated rings. The molecule has 3 atom stereocenters. The fraction of sp³-hybridized carbons (Fsp3) is 0.571. The second-order valence-electron chi connectivity index (χ2n) is 4.73. The predicted octanol–water partition coefficient (Wildman–Crippen LogP) is 3.06. The number of rotatable bonds is 5. The Labute approximate surface area is 116 Å². The lowest BCUT2D eigenvalue weighted by Crippen LogP contribution is -2.55. The van der Waals surface area contributed by atoms with Crippen molar-refractivity contribution in [2.75, 3.05) is 6.61 Å². The van der Waals surface area contributed by atoms with E-state index in [0.717, 1.165) is 16.6 Å². The second-order valence-corrected chi connectivity index (χ2v) is 5.58. The van der Waals surface area contributed by atoms with E-state index in [1.807, 2.05) is 25.1 Å². The fourth-order valence-electron chi connectivity index (χ4n) is 2.01. The van der Waals surface area contributed by atoms with Crippen LogP contribution in [0.3, 0.4) is 0 Å². The van der Waals surface area contributed by atoms with E-state index < -0.39 is 6.10 Å². The average molecular weight is 315 g/mol. The first-order valence-electron chi connectivity index (χ1n) is 6.34. The Morgan fingerprint density at radius 1 is 1.44 bits per heavy atom. The first-order chi connectivity index (χ1) is 8.61. The molecule has 0 saturated heterocycles. The van der Waals surface area contributed by atoms with E-state index in [2.05, 4.69) is 22.9 Å². The van der Waals surface area contributed by atoms with Crippen molar-refractivity contribution in [3.05, 3.63) is 28.2 Å². The summed E-state index contributed by atoms with van der Waals surface area (Å²) in [7, 11) is 0. The lowest BCUT2D eigenvalue weighted by molar-refractivity contribution is -0.162. The maximum absolute atomic E-state index is 9.68. The SMILES string of the molecule is CCCOC1C(O)CC1Oc1ccc(C)cc1Br. The van der Waals surface area contributed by atoms with Crippen molar-refractivity contribution in [2.45, 2.75) is 45.0 Å². The van der Waals surface area contributed by atoms with E-state index in [9.17, 15) is 5.11 Å². The van der Waals surface area contributed by atoms with Crippen LogP contribution in [0.5, 0.6) is 5.75 Å². The molecular formula is C14H19BrO3. The van der Waals surface area contributed by atoms with Crippen molar-refractivity contribution in [1.82, 2.24) is 0 Å². The summed E-state index contributed by atoms with van der Waals surface area (Å²) in [6.07, 6.45) is 0.938. The number of hydrogen-bond acceptors (Lipinski definition) is 3. The zero-order valence-electron chi connectivity index (χ0n) is 10.7. The number of aliphatic hydroxyl groups is 1. The van der Waals surface area contributed by atoms with Crippen LogP contribution in [-0.4, -0.2) is 30.0 Å². The van der Waals surface area contributed by atoms with Gasteiger partial charge in [0.15, 0.2) is 0 Å². The summed E-state index contributed by atoms with van der Waals surface area (Å²) in [5.41, 5.74) is 1.18. The van der Waals surface area contributed by atoms with Crippen LogP contribution in [0.2, 0.25) is 0 Å². The van der Waals surface area contributed by atoms with E-state index >= 15 is 0 Å². The van der Waals surface area contributed by atoms with Crippen LogP contribution >= 0.6 is 15.9 Å². The molecule has 3 nitrogen and oxygen atoms in total. The van der Waals surface area contributed by atoms with Gasteiger partial charge in [0.2, 0.25) is 0 Å². The summed E-state index contributed by atoms with van der Waals surface area (Å²) >= 11 is 3.49. The topological polar surface area (TPSA) is 38.7 Å². The Balaban J connectivity index is 1.96. The zero-order valence-corrected chi connectivity index (χ0v) is 12.3. The third kappa shape index (κ3) is 3.05. The van der Waals surface area contributed by atoms with Gasteiger partial charge in [0, 0.05) is 13.0 Å². The van der Waals surface area contributed by atoms with E-state index in [-0.39, 0.29) is 12.2 Å². The van der Waals surface area contributed by atoms with Crippen molar-refractivity contribution in [3.8, 4) is 5.75 Å². The molecule has 0 spiro atoms. The monoisotopic (exact) mass is 314 g/mol. The quantitative estimate of drug-likeness (QED) is 0.907. The summed E-state index contributed by atoms with van der Waals surface area (Å²) in [5, 5.41) is 9.68. The number of ether oxygens (including phenoxy) is 2. The van der Waals surface area contributed by atoms with Crippen LogP contribution < -0.4 is 4.74 Å². The molecule has 0 amide bonds. The van der Waals surface area contributed by atoms with Gasteiger partial charge in [-0.25, -0.2) is 0 Å². The van der Waals surface area contributed by atoms with Gasteiger partial charge in [0.1, 0.15) is 18.0 Å². The lowest BCUT2D eigenvalue weighted by atomic mass is 9.88. The van der Waals surface area contributed by atoms with Crippen LogP contribution in [0.15, 0.2) is 22.7 Å². The molecule has 100 valence electrons. The smallest absolute Gasteiger partial charge is 0.134 e. The Kier molecular flexibility index (Phi) is 4.65. The number of aliphatic hydroxyl groups excluding tert-OH is 1. The molecule has 1 aliphatic rings. The third-order valence-electron chi connectivity index (χ3n) is 3.10. The van der Waals surface area contributed by atoms with Gasteiger partial charge in [-0.1, -0.05) is 13.0 Å². The van der Waals surface area contributed by atoms with Gasteiger partial charge in [-0.15, -0.1) is 0 Å². The zero-order chi connectivity index (χ0) is 13.1. The third-order valence-corrected chi connectivity index (χ3v) is 3.72. The molecule has 1 aliphatic carbocycles. The van der Waals surface area contributed by atoms with Gasteiger partial charge in [-0.3, -0.25) is 0 Å². The second kappa shape index (κ2) is 6.04. The Hall–Kier alpha value is -0.580. The minimum Gasteiger partial charge on any atom is -0.486 e. The molecule has 18 heavy (non-hydrogen) atoms. The van der Waals surface area contributed by atoms with Gasteiger partial charge in [0.05, 0.1) is 10.6 Å². The fourth-order valence-corrected chi connectivity index (χ4v) is 2.60. The normalized spacial score (nSPS) is 26.8. The summed E-state index contributed by atoms with van der Waals surface area (Å²) < 4.78 is 12.4. The lowest BCUT2D eigenvalue weighted by Gasteiger charge is -2.41. The summed E-state index contributed by atoms with van der Waals surface area (Å²) in [6, 6.07) is 5.98. The van der Waals surface area contributed by atoms with Crippen molar-refractivity contribution in [1.29, 1.82) is 0 Å². The van der Waals surface area contributed by atoms with Crippen molar-refractivity contribution >= 4 is 15.9 Å². The minimum atomic E-state index is -0.397. The average Bonchev–Trinajstić information content (AvgIpc) is 2.32. The van der Waals surface area contributed by atoms with Gasteiger partial charge in [-0.2, -0.15) is 0 Å². The van der Waals surface area contributed by atoms with Crippen LogP contribution in [0.4, 0.5) is 0 Å². The highest BCUT2D eigenvalue weighted by Crippen LogP contribution is 2.33. The molecule has 3 unspecified atom stereocenters. The van der Waals surface area contributed by atoms with Crippen molar-refractivity contribution < 1.29 is 14.6 Å². The number of aryl methyl sites for hydroxylation is 1. The molecule has 1 aromatic rings. The predicted molar refractivity (Wildman–Crippen MR) is 73.9 cm³/mol. The molecule has 1 saturated carbocycles.